The number of aryl methyl sites for hydroxylation is 1. The molecule has 0 unspecified atom stereocenters. The molecule has 0 radical (unpaired) electrons. The SMILES string of the molecule is CCCCCCCCCc1ccc(-c2ccc(CP(Br)(c3ccccc3)(c3ccccc3)c3ccccc3)cc2)cc1. The molecule has 0 atom stereocenters. The maximum absolute atomic E-state index is 4.60. The Morgan fingerprint density at radius 1 is 0.429 bits per heavy atom. The van der Waals surface area contributed by atoms with Crippen molar-refractivity contribution in [3.63, 3.8) is 0 Å². The Morgan fingerprint density at radius 2 is 0.810 bits per heavy atom. The van der Waals surface area contributed by atoms with Gasteiger partial charge in [0.2, 0.25) is 0 Å². The molecule has 0 fully saturated rings. The van der Waals surface area contributed by atoms with Gasteiger partial charge < -0.3 is 0 Å². The van der Waals surface area contributed by atoms with Gasteiger partial charge in [0.25, 0.3) is 0 Å². The van der Waals surface area contributed by atoms with Gasteiger partial charge in [-0.25, -0.2) is 0 Å². The summed E-state index contributed by atoms with van der Waals surface area (Å²) in [5, 5.41) is 1.04. The Kier molecular flexibility index (Phi) is 10.5. The number of rotatable bonds is 14. The summed E-state index contributed by atoms with van der Waals surface area (Å²) in [6.45, 7) is 2.28. The Bertz CT molecular complexity index is 1390. The molecule has 0 saturated heterocycles. The zero-order valence-corrected chi connectivity index (χ0v) is 27.4. The molecule has 0 aliphatic carbocycles. The van der Waals surface area contributed by atoms with Gasteiger partial charge in [0.05, 0.1) is 0 Å². The Balaban J connectivity index is 1.38. The summed E-state index contributed by atoms with van der Waals surface area (Å²) in [7, 11) is 0. The summed E-state index contributed by atoms with van der Waals surface area (Å²) >= 11 is 4.60. The molecule has 0 aromatic heterocycles. The van der Waals surface area contributed by atoms with Gasteiger partial charge in [-0.05, 0) is 0 Å². The number of hydrogen-bond donors (Lipinski definition) is 0. The summed E-state index contributed by atoms with van der Waals surface area (Å²) in [6, 6.07) is 51.7. The Morgan fingerprint density at radius 3 is 1.24 bits per heavy atom. The van der Waals surface area contributed by atoms with E-state index in [2.05, 4.69) is 162 Å². The first kappa shape index (κ1) is 30.5. The fraction of sp³-hybridized carbons (Fsp3) is 0.250. The van der Waals surface area contributed by atoms with E-state index in [1.165, 1.54) is 89.5 Å². The molecular weight excluding hydrogens is 591 g/mol. The minimum atomic E-state index is -3.00. The average Bonchev–Trinajstić information content (AvgIpc) is 3.06. The molecule has 0 heterocycles. The van der Waals surface area contributed by atoms with E-state index in [9.17, 15) is 0 Å². The van der Waals surface area contributed by atoms with Gasteiger partial charge in [-0.1, -0.05) is 39.0 Å². The van der Waals surface area contributed by atoms with Crippen molar-refractivity contribution in [2.45, 2.75) is 64.5 Å². The van der Waals surface area contributed by atoms with Crippen LogP contribution in [0.1, 0.15) is 63.0 Å². The number of hydrogen-bond acceptors (Lipinski definition) is 0. The monoisotopic (exact) mass is 634 g/mol. The van der Waals surface area contributed by atoms with E-state index in [0.717, 1.165) is 6.16 Å². The van der Waals surface area contributed by atoms with E-state index < -0.39 is 5.31 Å². The first-order valence-corrected chi connectivity index (χ1v) is 20.1. The fourth-order valence-corrected chi connectivity index (χ4v) is 13.9. The van der Waals surface area contributed by atoms with E-state index in [4.69, 9.17) is 0 Å². The third-order valence-corrected chi connectivity index (χ3v) is 18.2. The van der Waals surface area contributed by atoms with Crippen molar-refractivity contribution in [1.29, 1.82) is 0 Å². The molecule has 5 rings (SSSR count). The molecule has 216 valence electrons. The van der Waals surface area contributed by atoms with Gasteiger partial charge >= 0.3 is 224 Å². The topological polar surface area (TPSA) is 0 Å². The van der Waals surface area contributed by atoms with E-state index in [0.29, 0.717) is 0 Å². The third kappa shape index (κ3) is 6.80. The Hall–Kier alpha value is -2.99. The van der Waals surface area contributed by atoms with E-state index in [-0.39, 0.29) is 0 Å². The molecule has 0 N–H and O–H groups in total. The molecule has 0 bridgehead atoms. The molecule has 0 aliphatic rings. The van der Waals surface area contributed by atoms with Gasteiger partial charge in [0, 0.05) is 0 Å². The molecule has 0 saturated carbocycles. The normalized spacial score (nSPS) is 12.5. The van der Waals surface area contributed by atoms with Crippen LogP contribution in [-0.2, 0) is 12.6 Å². The number of benzene rings is 5. The average molecular weight is 636 g/mol. The standard InChI is InChI=1S/C40H44BrP/c1-2-3-4-5-6-7-11-18-34-25-29-36(30-26-34)37-31-27-35(28-32-37)33-42(41,38-19-12-8-13-20-38,39-21-14-9-15-22-39)40-23-16-10-17-24-40/h8-10,12-17,19-32H,2-7,11,18,33H2,1H3. The summed E-state index contributed by atoms with van der Waals surface area (Å²) in [4.78, 5) is 0. The zero-order chi connectivity index (χ0) is 29.1. The van der Waals surface area contributed by atoms with Crippen molar-refractivity contribution in [2.75, 3.05) is 0 Å². The van der Waals surface area contributed by atoms with Crippen LogP contribution in [0.25, 0.3) is 11.1 Å². The molecule has 0 spiro atoms. The number of unbranched alkanes of at least 4 members (excludes halogenated alkanes) is 6. The molecule has 0 nitrogen and oxygen atoms in total. The summed E-state index contributed by atoms with van der Waals surface area (Å²) < 4.78 is 0. The van der Waals surface area contributed by atoms with Crippen LogP contribution in [0.3, 0.4) is 0 Å². The summed E-state index contributed by atoms with van der Waals surface area (Å²) in [5.74, 6) is 0. The third-order valence-electron chi connectivity index (χ3n) is 8.67. The number of halogens is 1. The van der Waals surface area contributed by atoms with Crippen LogP contribution in [0.2, 0.25) is 0 Å². The van der Waals surface area contributed by atoms with Crippen LogP contribution in [0.5, 0.6) is 0 Å². The van der Waals surface area contributed by atoms with Gasteiger partial charge in [-0.3, -0.25) is 0 Å². The molecule has 5 aromatic rings. The van der Waals surface area contributed by atoms with Gasteiger partial charge in [0.1, 0.15) is 0 Å². The minimum absolute atomic E-state index is 0.904. The van der Waals surface area contributed by atoms with Crippen LogP contribution in [0.15, 0.2) is 140 Å². The van der Waals surface area contributed by atoms with Crippen molar-refractivity contribution in [3.8, 4) is 11.1 Å². The van der Waals surface area contributed by atoms with Crippen molar-refractivity contribution in [3.05, 3.63) is 151 Å². The van der Waals surface area contributed by atoms with E-state index in [1.54, 1.807) is 0 Å². The predicted octanol–water partition coefficient (Wildman–Crippen LogP) is 11.0. The molecule has 0 amide bonds. The first-order valence-electron chi connectivity index (χ1n) is 15.7. The van der Waals surface area contributed by atoms with E-state index >= 15 is 0 Å². The van der Waals surface area contributed by atoms with Crippen LogP contribution in [0.4, 0.5) is 0 Å². The van der Waals surface area contributed by atoms with Crippen molar-refractivity contribution >= 4 is 36.7 Å². The summed E-state index contributed by atoms with van der Waals surface area (Å²) in [6.07, 6.45) is 11.6. The molecule has 2 heteroatoms. The molecular formula is C40H44BrP. The second kappa shape index (κ2) is 14.5. The van der Waals surface area contributed by atoms with Crippen molar-refractivity contribution < 1.29 is 0 Å². The molecule has 0 aliphatic heterocycles. The second-order valence-corrected chi connectivity index (χ2v) is 20.5. The zero-order valence-electron chi connectivity index (χ0n) is 25.0. The van der Waals surface area contributed by atoms with Crippen molar-refractivity contribution in [2.24, 2.45) is 0 Å². The van der Waals surface area contributed by atoms with E-state index in [1.807, 2.05) is 0 Å². The van der Waals surface area contributed by atoms with Crippen LogP contribution < -0.4 is 15.9 Å². The summed E-state index contributed by atoms with van der Waals surface area (Å²) in [5.41, 5.74) is 5.35. The molecule has 42 heavy (non-hydrogen) atoms. The quantitative estimate of drug-likeness (QED) is 0.0841. The van der Waals surface area contributed by atoms with Crippen LogP contribution in [-0.4, -0.2) is 0 Å². The van der Waals surface area contributed by atoms with Crippen LogP contribution in [0, 0.1) is 0 Å². The first-order chi connectivity index (χ1) is 20.6. The molecule has 5 aromatic carbocycles. The maximum atomic E-state index is 4.60. The van der Waals surface area contributed by atoms with Gasteiger partial charge in [0.15, 0.2) is 0 Å². The van der Waals surface area contributed by atoms with Crippen molar-refractivity contribution in [1.82, 2.24) is 0 Å². The fourth-order valence-electron chi connectivity index (χ4n) is 6.23. The van der Waals surface area contributed by atoms with Gasteiger partial charge in [-0.15, -0.1) is 0 Å². The Labute approximate surface area is 261 Å². The van der Waals surface area contributed by atoms with Crippen LogP contribution >= 0.6 is 20.8 Å². The predicted molar refractivity (Wildman–Crippen MR) is 191 cm³/mol. The van der Waals surface area contributed by atoms with Gasteiger partial charge in [-0.2, -0.15) is 0 Å². The second-order valence-electron chi connectivity index (χ2n) is 11.6.